The van der Waals surface area contributed by atoms with Gasteiger partial charge in [0.15, 0.2) is 0 Å². The summed E-state index contributed by atoms with van der Waals surface area (Å²) in [5.74, 6) is 1.76. The molecular weight excluding hydrogens is 306 g/mol. The SMILES string of the molecule is CC(C)CNC(=O)C1(Cc2cc(C3CCOC3)no2)CCNCC1. The summed E-state index contributed by atoms with van der Waals surface area (Å²) in [6.07, 6.45) is 3.29. The second kappa shape index (κ2) is 7.66. The topological polar surface area (TPSA) is 76.4 Å². The van der Waals surface area contributed by atoms with Gasteiger partial charge in [-0.1, -0.05) is 19.0 Å². The number of amides is 1. The van der Waals surface area contributed by atoms with Crippen LogP contribution in [0, 0.1) is 11.3 Å². The predicted octanol–water partition coefficient (Wildman–Crippen LogP) is 1.86. The van der Waals surface area contributed by atoms with Gasteiger partial charge in [0.25, 0.3) is 0 Å². The minimum Gasteiger partial charge on any atom is -0.381 e. The zero-order chi connectivity index (χ0) is 17.0. The molecule has 1 atom stereocenters. The quantitative estimate of drug-likeness (QED) is 0.830. The first-order valence-electron chi connectivity index (χ1n) is 9.11. The molecule has 0 spiro atoms. The lowest BCUT2D eigenvalue weighted by Crippen LogP contribution is -2.49. The highest BCUT2D eigenvalue weighted by atomic mass is 16.5. The van der Waals surface area contributed by atoms with Crippen LogP contribution in [-0.2, 0) is 16.0 Å². The van der Waals surface area contributed by atoms with Gasteiger partial charge < -0.3 is 19.9 Å². The molecule has 134 valence electrons. The molecule has 2 aliphatic heterocycles. The Balaban J connectivity index is 1.70. The number of nitrogens with zero attached hydrogens (tertiary/aromatic N) is 1. The molecule has 2 N–H and O–H groups in total. The van der Waals surface area contributed by atoms with Gasteiger partial charge >= 0.3 is 0 Å². The van der Waals surface area contributed by atoms with Gasteiger partial charge in [0.05, 0.1) is 17.7 Å². The van der Waals surface area contributed by atoms with Gasteiger partial charge in [-0.15, -0.1) is 0 Å². The monoisotopic (exact) mass is 335 g/mol. The number of carbonyl (C=O) groups excluding carboxylic acids is 1. The third kappa shape index (κ3) is 3.98. The van der Waals surface area contributed by atoms with Crippen molar-refractivity contribution in [3.8, 4) is 0 Å². The van der Waals surface area contributed by atoms with Crippen molar-refractivity contribution in [2.45, 2.75) is 45.4 Å². The van der Waals surface area contributed by atoms with Crippen molar-refractivity contribution < 1.29 is 14.1 Å². The fourth-order valence-corrected chi connectivity index (χ4v) is 3.58. The summed E-state index contributed by atoms with van der Waals surface area (Å²) in [7, 11) is 0. The van der Waals surface area contributed by atoms with Crippen LogP contribution in [0.3, 0.4) is 0 Å². The number of hydrogen-bond donors (Lipinski definition) is 2. The van der Waals surface area contributed by atoms with Crippen LogP contribution in [0.4, 0.5) is 0 Å². The van der Waals surface area contributed by atoms with E-state index in [9.17, 15) is 4.79 Å². The van der Waals surface area contributed by atoms with Crippen molar-refractivity contribution in [2.24, 2.45) is 11.3 Å². The molecular formula is C18H29N3O3. The molecule has 0 bridgehead atoms. The fraction of sp³-hybridized carbons (Fsp3) is 0.778. The summed E-state index contributed by atoms with van der Waals surface area (Å²) < 4.78 is 11.0. The van der Waals surface area contributed by atoms with Gasteiger partial charge in [-0.3, -0.25) is 4.79 Å². The molecule has 2 saturated heterocycles. The van der Waals surface area contributed by atoms with Crippen molar-refractivity contribution in [3.05, 3.63) is 17.5 Å². The summed E-state index contributed by atoms with van der Waals surface area (Å²) in [6, 6.07) is 2.03. The van der Waals surface area contributed by atoms with Crippen LogP contribution in [-0.4, -0.2) is 43.9 Å². The number of rotatable bonds is 6. The van der Waals surface area contributed by atoms with E-state index in [0.29, 0.717) is 18.3 Å². The maximum Gasteiger partial charge on any atom is 0.226 e. The minimum absolute atomic E-state index is 0.153. The smallest absolute Gasteiger partial charge is 0.226 e. The number of carbonyl (C=O) groups is 1. The van der Waals surface area contributed by atoms with E-state index >= 15 is 0 Å². The van der Waals surface area contributed by atoms with Gasteiger partial charge in [-0.05, 0) is 38.3 Å². The molecule has 3 rings (SSSR count). The summed E-state index contributed by atoms with van der Waals surface area (Å²) in [5.41, 5.74) is 0.581. The number of piperidine rings is 1. The number of hydrogen-bond acceptors (Lipinski definition) is 5. The molecule has 0 radical (unpaired) electrons. The molecule has 6 nitrogen and oxygen atoms in total. The third-order valence-corrected chi connectivity index (χ3v) is 5.15. The maximum atomic E-state index is 12.9. The van der Waals surface area contributed by atoms with E-state index in [1.807, 2.05) is 6.07 Å². The lowest BCUT2D eigenvalue weighted by Gasteiger charge is -2.35. The van der Waals surface area contributed by atoms with E-state index in [1.165, 1.54) is 0 Å². The number of nitrogens with one attached hydrogen (secondary N) is 2. The second-order valence-corrected chi connectivity index (χ2v) is 7.59. The Kier molecular flexibility index (Phi) is 5.56. The van der Waals surface area contributed by atoms with Crippen LogP contribution < -0.4 is 10.6 Å². The van der Waals surface area contributed by atoms with Crippen molar-refractivity contribution in [2.75, 3.05) is 32.8 Å². The molecule has 1 aromatic rings. The van der Waals surface area contributed by atoms with Gasteiger partial charge in [-0.25, -0.2) is 0 Å². The Labute approximate surface area is 143 Å². The molecule has 2 fully saturated rings. The van der Waals surface area contributed by atoms with Crippen LogP contribution in [0.15, 0.2) is 10.6 Å². The van der Waals surface area contributed by atoms with Crippen molar-refractivity contribution in [3.63, 3.8) is 0 Å². The first-order valence-corrected chi connectivity index (χ1v) is 9.11. The normalized spacial score (nSPS) is 23.5. The Bertz CT molecular complexity index is 543. The molecule has 24 heavy (non-hydrogen) atoms. The minimum atomic E-state index is -0.386. The van der Waals surface area contributed by atoms with Gasteiger partial charge in [0.2, 0.25) is 5.91 Å². The predicted molar refractivity (Wildman–Crippen MR) is 90.8 cm³/mol. The largest absolute Gasteiger partial charge is 0.381 e. The first kappa shape index (κ1) is 17.4. The van der Waals surface area contributed by atoms with Crippen LogP contribution in [0.25, 0.3) is 0 Å². The molecule has 2 aliphatic rings. The van der Waals surface area contributed by atoms with Crippen molar-refractivity contribution >= 4 is 5.91 Å². The first-order chi connectivity index (χ1) is 11.6. The number of aromatic nitrogens is 1. The molecule has 6 heteroatoms. The average molecular weight is 335 g/mol. The standard InChI is InChI=1S/C18H29N3O3/c1-13(2)11-20-17(22)18(4-6-19-7-5-18)10-15-9-16(21-24-15)14-3-8-23-12-14/h9,13-14,19H,3-8,10-12H2,1-2H3,(H,20,22). The van der Waals surface area contributed by atoms with E-state index in [0.717, 1.165) is 63.6 Å². The summed E-state index contributed by atoms with van der Waals surface area (Å²) in [6.45, 7) is 8.19. The highest BCUT2D eigenvalue weighted by Gasteiger charge is 2.40. The third-order valence-electron chi connectivity index (χ3n) is 5.15. The molecule has 3 heterocycles. The van der Waals surface area contributed by atoms with E-state index in [2.05, 4.69) is 29.6 Å². The molecule has 0 aliphatic carbocycles. The number of ether oxygens (including phenoxy) is 1. The summed E-state index contributed by atoms with van der Waals surface area (Å²) in [5, 5.41) is 10.7. The van der Waals surface area contributed by atoms with E-state index in [4.69, 9.17) is 9.26 Å². The lowest BCUT2D eigenvalue weighted by molar-refractivity contribution is -0.133. The average Bonchev–Trinajstić information content (AvgIpc) is 3.24. The van der Waals surface area contributed by atoms with Crippen LogP contribution in [0.2, 0.25) is 0 Å². The second-order valence-electron chi connectivity index (χ2n) is 7.59. The molecule has 1 unspecified atom stereocenters. The van der Waals surface area contributed by atoms with E-state index < -0.39 is 0 Å². The Morgan fingerprint density at radius 3 is 2.92 bits per heavy atom. The molecule has 1 aromatic heterocycles. The lowest BCUT2D eigenvalue weighted by atomic mass is 9.74. The van der Waals surface area contributed by atoms with Crippen molar-refractivity contribution in [1.29, 1.82) is 0 Å². The van der Waals surface area contributed by atoms with Crippen LogP contribution >= 0.6 is 0 Å². The Morgan fingerprint density at radius 2 is 2.25 bits per heavy atom. The zero-order valence-corrected chi connectivity index (χ0v) is 14.8. The Morgan fingerprint density at radius 1 is 1.46 bits per heavy atom. The molecule has 0 saturated carbocycles. The molecule has 1 amide bonds. The van der Waals surface area contributed by atoms with Gasteiger partial charge in [0.1, 0.15) is 5.76 Å². The fourth-order valence-electron chi connectivity index (χ4n) is 3.58. The van der Waals surface area contributed by atoms with Crippen molar-refractivity contribution in [1.82, 2.24) is 15.8 Å². The van der Waals surface area contributed by atoms with Crippen LogP contribution in [0.5, 0.6) is 0 Å². The summed E-state index contributed by atoms with van der Waals surface area (Å²) >= 11 is 0. The van der Waals surface area contributed by atoms with Crippen LogP contribution in [0.1, 0.15) is 50.5 Å². The Hall–Kier alpha value is -1.40. The highest BCUT2D eigenvalue weighted by Crippen LogP contribution is 2.34. The van der Waals surface area contributed by atoms with E-state index in [-0.39, 0.29) is 11.3 Å². The zero-order valence-electron chi connectivity index (χ0n) is 14.8. The van der Waals surface area contributed by atoms with Gasteiger partial charge in [0, 0.05) is 31.6 Å². The molecule has 0 aromatic carbocycles. The summed E-state index contributed by atoms with van der Waals surface area (Å²) in [4.78, 5) is 12.9. The van der Waals surface area contributed by atoms with Gasteiger partial charge in [-0.2, -0.15) is 0 Å². The highest BCUT2D eigenvalue weighted by molar-refractivity contribution is 5.83. The maximum absolute atomic E-state index is 12.9. The van der Waals surface area contributed by atoms with E-state index in [1.54, 1.807) is 0 Å².